The Balaban J connectivity index is 1.77. The maximum absolute atomic E-state index is 12.2. The fourth-order valence-corrected chi connectivity index (χ4v) is 2.94. The van der Waals surface area contributed by atoms with Crippen molar-refractivity contribution in [1.82, 2.24) is 9.80 Å². The predicted octanol–water partition coefficient (Wildman–Crippen LogP) is 1.16. The highest BCUT2D eigenvalue weighted by Crippen LogP contribution is 2.12. The van der Waals surface area contributed by atoms with Gasteiger partial charge in [-0.15, -0.1) is 0 Å². The number of unbranched alkanes of at least 4 members (excludes halogenated alkanes) is 1. The average molecular weight is 295 g/mol. The summed E-state index contributed by atoms with van der Waals surface area (Å²) in [5, 5.41) is 3.77. The molecular formula is C14H21N3O2S. The lowest BCUT2D eigenvalue weighted by Gasteiger charge is -2.34. The summed E-state index contributed by atoms with van der Waals surface area (Å²) >= 11 is 1.53. The van der Waals surface area contributed by atoms with Crippen molar-refractivity contribution in [3.63, 3.8) is 0 Å². The summed E-state index contributed by atoms with van der Waals surface area (Å²) in [6.45, 7) is 3.15. The van der Waals surface area contributed by atoms with Crippen molar-refractivity contribution in [2.45, 2.75) is 19.3 Å². The number of hydrogen-bond acceptors (Lipinski definition) is 4. The molecule has 1 aliphatic rings. The highest BCUT2D eigenvalue weighted by atomic mass is 32.1. The van der Waals surface area contributed by atoms with E-state index in [0.29, 0.717) is 39.1 Å². The maximum Gasteiger partial charge on any atom is 0.254 e. The molecule has 1 aliphatic heterocycles. The third-order valence-electron chi connectivity index (χ3n) is 3.53. The Bertz CT molecular complexity index is 439. The molecule has 2 rings (SSSR count). The van der Waals surface area contributed by atoms with E-state index in [9.17, 15) is 9.59 Å². The van der Waals surface area contributed by atoms with Crippen LogP contribution in [0.5, 0.6) is 0 Å². The summed E-state index contributed by atoms with van der Waals surface area (Å²) in [5.41, 5.74) is 6.17. The first-order chi connectivity index (χ1) is 9.72. The van der Waals surface area contributed by atoms with Crippen LogP contribution in [-0.4, -0.2) is 54.3 Å². The van der Waals surface area contributed by atoms with Crippen LogP contribution in [0.3, 0.4) is 0 Å². The monoisotopic (exact) mass is 295 g/mol. The van der Waals surface area contributed by atoms with Gasteiger partial charge >= 0.3 is 0 Å². The summed E-state index contributed by atoms with van der Waals surface area (Å²) < 4.78 is 0. The standard InChI is InChI=1S/C14H21N3O2S/c15-5-2-1-3-13(18)16-6-8-17(9-7-16)14(19)12-4-10-20-11-12/h4,10-11H,1-3,5-9,15H2. The molecule has 6 heteroatoms. The second-order valence-corrected chi connectivity index (χ2v) is 5.71. The van der Waals surface area contributed by atoms with E-state index in [-0.39, 0.29) is 11.8 Å². The summed E-state index contributed by atoms with van der Waals surface area (Å²) in [5.74, 6) is 0.252. The lowest BCUT2D eigenvalue weighted by atomic mass is 10.2. The van der Waals surface area contributed by atoms with Crippen molar-refractivity contribution < 1.29 is 9.59 Å². The van der Waals surface area contributed by atoms with Gasteiger partial charge in [0.1, 0.15) is 0 Å². The second-order valence-electron chi connectivity index (χ2n) is 4.93. The Morgan fingerprint density at radius 2 is 1.85 bits per heavy atom. The van der Waals surface area contributed by atoms with E-state index in [0.717, 1.165) is 18.4 Å². The summed E-state index contributed by atoms with van der Waals surface area (Å²) in [7, 11) is 0. The molecule has 1 saturated heterocycles. The van der Waals surface area contributed by atoms with Crippen LogP contribution in [0.25, 0.3) is 0 Å². The highest BCUT2D eigenvalue weighted by molar-refractivity contribution is 7.08. The van der Waals surface area contributed by atoms with Gasteiger partial charge in [0.05, 0.1) is 5.56 Å². The summed E-state index contributed by atoms with van der Waals surface area (Å²) in [6, 6.07) is 1.84. The summed E-state index contributed by atoms with van der Waals surface area (Å²) in [6.07, 6.45) is 2.31. The number of carbonyl (C=O) groups excluding carboxylic acids is 2. The first-order valence-corrected chi connectivity index (χ1v) is 7.96. The van der Waals surface area contributed by atoms with E-state index >= 15 is 0 Å². The highest BCUT2D eigenvalue weighted by Gasteiger charge is 2.24. The third-order valence-corrected chi connectivity index (χ3v) is 4.22. The lowest BCUT2D eigenvalue weighted by Crippen LogP contribution is -2.50. The van der Waals surface area contributed by atoms with Gasteiger partial charge in [-0.1, -0.05) is 0 Å². The predicted molar refractivity (Wildman–Crippen MR) is 79.7 cm³/mol. The van der Waals surface area contributed by atoms with Crippen LogP contribution in [0, 0.1) is 0 Å². The molecule has 110 valence electrons. The van der Waals surface area contributed by atoms with Crippen molar-refractivity contribution in [3.8, 4) is 0 Å². The molecule has 1 aromatic heterocycles. The van der Waals surface area contributed by atoms with Gasteiger partial charge in [-0.3, -0.25) is 9.59 Å². The van der Waals surface area contributed by atoms with Crippen LogP contribution in [0.15, 0.2) is 16.8 Å². The largest absolute Gasteiger partial charge is 0.339 e. The van der Waals surface area contributed by atoms with Crippen molar-refractivity contribution in [1.29, 1.82) is 0 Å². The van der Waals surface area contributed by atoms with Crippen LogP contribution in [0.2, 0.25) is 0 Å². The lowest BCUT2D eigenvalue weighted by molar-refractivity contribution is -0.132. The molecule has 0 atom stereocenters. The zero-order chi connectivity index (χ0) is 14.4. The number of nitrogens with two attached hydrogens (primary N) is 1. The molecule has 0 spiro atoms. The van der Waals surface area contributed by atoms with Gasteiger partial charge < -0.3 is 15.5 Å². The van der Waals surface area contributed by atoms with Gasteiger partial charge in [0.15, 0.2) is 0 Å². The molecule has 0 aromatic carbocycles. The SMILES string of the molecule is NCCCCC(=O)N1CCN(C(=O)c2ccsc2)CC1. The van der Waals surface area contributed by atoms with Gasteiger partial charge in [0, 0.05) is 38.0 Å². The van der Waals surface area contributed by atoms with E-state index in [4.69, 9.17) is 5.73 Å². The minimum atomic E-state index is 0.0708. The fraction of sp³-hybridized carbons (Fsp3) is 0.571. The number of amides is 2. The van der Waals surface area contributed by atoms with Gasteiger partial charge in [-0.25, -0.2) is 0 Å². The smallest absolute Gasteiger partial charge is 0.254 e. The fourth-order valence-electron chi connectivity index (χ4n) is 2.31. The molecule has 0 bridgehead atoms. The average Bonchev–Trinajstić information content (AvgIpc) is 3.01. The van der Waals surface area contributed by atoms with Gasteiger partial charge in [0.2, 0.25) is 5.91 Å². The Kier molecular flexibility index (Phi) is 5.55. The first kappa shape index (κ1) is 15.0. The van der Waals surface area contributed by atoms with Crippen molar-refractivity contribution >= 4 is 23.2 Å². The molecule has 5 nitrogen and oxygen atoms in total. The Hall–Kier alpha value is -1.40. The van der Waals surface area contributed by atoms with Crippen LogP contribution in [0.1, 0.15) is 29.6 Å². The molecule has 0 aliphatic carbocycles. The van der Waals surface area contributed by atoms with Gasteiger partial charge in [-0.05, 0) is 30.8 Å². The van der Waals surface area contributed by atoms with E-state index in [1.165, 1.54) is 11.3 Å². The summed E-state index contributed by atoms with van der Waals surface area (Å²) in [4.78, 5) is 27.8. The third kappa shape index (κ3) is 3.80. The number of thiophene rings is 1. The number of rotatable bonds is 5. The molecular weight excluding hydrogens is 274 g/mol. The zero-order valence-electron chi connectivity index (χ0n) is 11.6. The van der Waals surface area contributed by atoms with Gasteiger partial charge in [0.25, 0.3) is 5.91 Å². The van der Waals surface area contributed by atoms with Crippen molar-refractivity contribution in [2.24, 2.45) is 5.73 Å². The van der Waals surface area contributed by atoms with E-state index in [1.807, 2.05) is 26.6 Å². The Morgan fingerprint density at radius 3 is 2.45 bits per heavy atom. The van der Waals surface area contributed by atoms with E-state index in [2.05, 4.69) is 0 Å². The maximum atomic E-state index is 12.2. The molecule has 1 aromatic rings. The topological polar surface area (TPSA) is 66.6 Å². The van der Waals surface area contributed by atoms with Crippen LogP contribution in [-0.2, 0) is 4.79 Å². The number of carbonyl (C=O) groups is 2. The minimum absolute atomic E-state index is 0.0708. The molecule has 0 unspecified atom stereocenters. The van der Waals surface area contributed by atoms with Crippen molar-refractivity contribution in [2.75, 3.05) is 32.7 Å². The van der Waals surface area contributed by atoms with Crippen LogP contribution in [0.4, 0.5) is 0 Å². The number of piperazine rings is 1. The second kappa shape index (κ2) is 7.40. The number of nitrogens with zero attached hydrogens (tertiary/aromatic N) is 2. The molecule has 0 radical (unpaired) electrons. The van der Waals surface area contributed by atoms with E-state index < -0.39 is 0 Å². The molecule has 1 fully saturated rings. The first-order valence-electron chi connectivity index (χ1n) is 7.01. The molecule has 2 amide bonds. The molecule has 0 saturated carbocycles. The normalized spacial score (nSPS) is 15.4. The quantitative estimate of drug-likeness (QED) is 0.829. The van der Waals surface area contributed by atoms with Crippen LogP contribution < -0.4 is 5.73 Å². The Labute approximate surface area is 123 Å². The van der Waals surface area contributed by atoms with Crippen molar-refractivity contribution in [3.05, 3.63) is 22.4 Å². The molecule has 2 N–H and O–H groups in total. The zero-order valence-corrected chi connectivity index (χ0v) is 12.4. The number of hydrogen-bond donors (Lipinski definition) is 1. The molecule has 20 heavy (non-hydrogen) atoms. The molecule has 2 heterocycles. The minimum Gasteiger partial charge on any atom is -0.339 e. The van der Waals surface area contributed by atoms with E-state index in [1.54, 1.807) is 0 Å². The van der Waals surface area contributed by atoms with Crippen LogP contribution >= 0.6 is 11.3 Å². The Morgan fingerprint density at radius 1 is 1.15 bits per heavy atom. The van der Waals surface area contributed by atoms with Gasteiger partial charge in [-0.2, -0.15) is 11.3 Å².